The molecule has 0 saturated heterocycles. The van der Waals surface area contributed by atoms with Gasteiger partial charge in [0.25, 0.3) is 5.91 Å². The Hall–Kier alpha value is -3.13. The second kappa shape index (κ2) is 11.9. The van der Waals surface area contributed by atoms with Gasteiger partial charge in [0, 0.05) is 56.8 Å². The maximum absolute atomic E-state index is 13.0. The predicted molar refractivity (Wildman–Crippen MR) is 138 cm³/mol. The van der Waals surface area contributed by atoms with Gasteiger partial charge in [0.05, 0.1) is 17.3 Å². The maximum Gasteiger partial charge on any atom is 0.314 e. The van der Waals surface area contributed by atoms with E-state index in [2.05, 4.69) is 30.8 Å². The normalized spacial score (nSPS) is 14.3. The van der Waals surface area contributed by atoms with Crippen molar-refractivity contribution in [3.05, 3.63) is 38.9 Å². The fourth-order valence-corrected chi connectivity index (χ4v) is 4.68. The Labute approximate surface area is 223 Å². The lowest BCUT2D eigenvalue weighted by atomic mass is 10.0. The highest BCUT2D eigenvalue weighted by molar-refractivity contribution is 7.13. The van der Waals surface area contributed by atoms with Crippen molar-refractivity contribution in [3.8, 4) is 0 Å². The Balaban J connectivity index is 1.64. The molecule has 3 rings (SSSR count). The van der Waals surface area contributed by atoms with E-state index in [1.807, 2.05) is 13.8 Å². The molecule has 1 atom stereocenters. The number of anilines is 1. The summed E-state index contributed by atoms with van der Waals surface area (Å²) in [7, 11) is 3.03. The van der Waals surface area contributed by atoms with E-state index < -0.39 is 35.2 Å². The number of nitrogens with zero attached hydrogens (tertiary/aromatic N) is 4. The first kappa shape index (κ1) is 28.4. The number of pyridine rings is 1. The minimum atomic E-state index is -1.13. The van der Waals surface area contributed by atoms with Gasteiger partial charge < -0.3 is 26.0 Å². The van der Waals surface area contributed by atoms with Gasteiger partial charge in [-0.1, -0.05) is 11.6 Å². The van der Waals surface area contributed by atoms with Crippen LogP contribution in [-0.2, 0) is 27.3 Å². The fraction of sp³-hybridized carbons (Fsp3) is 0.478. The van der Waals surface area contributed by atoms with Crippen LogP contribution in [0.2, 0.25) is 5.02 Å². The van der Waals surface area contributed by atoms with E-state index in [1.165, 1.54) is 48.7 Å². The molecule has 0 saturated carbocycles. The van der Waals surface area contributed by atoms with E-state index in [1.54, 1.807) is 0 Å². The van der Waals surface area contributed by atoms with Gasteiger partial charge in [-0.2, -0.15) is 0 Å². The first-order valence-corrected chi connectivity index (χ1v) is 12.7. The zero-order valence-corrected chi connectivity index (χ0v) is 22.6. The third-order valence-corrected chi connectivity index (χ3v) is 7.16. The van der Waals surface area contributed by atoms with Gasteiger partial charge in [-0.3, -0.25) is 24.1 Å². The smallest absolute Gasteiger partial charge is 0.314 e. The average molecular weight is 552 g/mol. The Morgan fingerprint density at radius 1 is 1.24 bits per heavy atom. The molecule has 14 heteroatoms. The van der Waals surface area contributed by atoms with Crippen LogP contribution >= 0.6 is 22.9 Å². The summed E-state index contributed by atoms with van der Waals surface area (Å²) >= 11 is 6.98. The number of likely N-dealkylation sites (N-methyl/N-ethyl adjacent to an activating group) is 1. The molecule has 4 amide bonds. The Morgan fingerprint density at radius 2 is 1.97 bits per heavy atom. The Morgan fingerprint density at radius 3 is 2.59 bits per heavy atom. The van der Waals surface area contributed by atoms with Gasteiger partial charge in [0.1, 0.15) is 11.9 Å². The van der Waals surface area contributed by atoms with Crippen LogP contribution in [0.3, 0.4) is 0 Å². The summed E-state index contributed by atoms with van der Waals surface area (Å²) in [5.41, 5.74) is 0.415. The number of hydrogen-bond acceptors (Lipinski definition) is 9. The summed E-state index contributed by atoms with van der Waals surface area (Å²) in [4.78, 5) is 62.8. The fourth-order valence-electron chi connectivity index (χ4n) is 3.54. The van der Waals surface area contributed by atoms with Crippen LogP contribution in [0.1, 0.15) is 34.2 Å². The van der Waals surface area contributed by atoms with Crippen LogP contribution in [0, 0.1) is 0 Å². The van der Waals surface area contributed by atoms with Crippen molar-refractivity contribution in [1.29, 1.82) is 0 Å². The highest BCUT2D eigenvalue weighted by Gasteiger charge is 2.32. The van der Waals surface area contributed by atoms with Crippen molar-refractivity contribution < 1.29 is 24.3 Å². The molecule has 0 radical (unpaired) electrons. The largest absolute Gasteiger partial charge is 0.394 e. The van der Waals surface area contributed by atoms with E-state index >= 15 is 0 Å². The summed E-state index contributed by atoms with van der Waals surface area (Å²) in [6.45, 7) is 4.85. The number of carbonyl (C=O) groups is 4. The summed E-state index contributed by atoms with van der Waals surface area (Å²) in [5.74, 6) is -2.88. The number of thiazole rings is 1. The van der Waals surface area contributed by atoms with Gasteiger partial charge >= 0.3 is 11.8 Å². The van der Waals surface area contributed by atoms with Crippen molar-refractivity contribution in [3.63, 3.8) is 0 Å². The first-order valence-electron chi connectivity index (χ1n) is 11.5. The average Bonchev–Trinajstić information content (AvgIpc) is 3.30. The van der Waals surface area contributed by atoms with Gasteiger partial charge in [0.2, 0.25) is 5.91 Å². The number of aliphatic hydroxyl groups excluding tert-OH is 1. The molecule has 2 aromatic rings. The van der Waals surface area contributed by atoms with Gasteiger partial charge in [-0.25, -0.2) is 9.97 Å². The van der Waals surface area contributed by atoms with Crippen molar-refractivity contribution >= 4 is 52.4 Å². The number of aromatic nitrogens is 2. The van der Waals surface area contributed by atoms with Gasteiger partial charge in [0.15, 0.2) is 5.01 Å². The lowest BCUT2D eigenvalue weighted by Crippen LogP contribution is -2.53. The molecule has 4 N–H and O–H groups in total. The molecule has 3 heterocycles. The number of carbonyl (C=O) groups excluding carboxylic acids is 4. The third-order valence-electron chi connectivity index (χ3n) is 5.85. The molecule has 0 spiro atoms. The van der Waals surface area contributed by atoms with E-state index in [-0.39, 0.29) is 24.0 Å². The summed E-state index contributed by atoms with van der Waals surface area (Å²) in [6.07, 6.45) is 1.95. The molecule has 1 unspecified atom stereocenters. The molecule has 0 aromatic carbocycles. The molecule has 200 valence electrons. The molecule has 1 aliphatic rings. The quantitative estimate of drug-likeness (QED) is 0.340. The highest BCUT2D eigenvalue weighted by Crippen LogP contribution is 2.29. The lowest BCUT2D eigenvalue weighted by molar-refractivity contribution is -0.136. The van der Waals surface area contributed by atoms with Crippen molar-refractivity contribution in [1.82, 2.24) is 30.4 Å². The number of halogens is 1. The molecule has 0 bridgehead atoms. The van der Waals surface area contributed by atoms with Gasteiger partial charge in [-0.05, 0) is 26.0 Å². The van der Waals surface area contributed by atoms with Crippen LogP contribution in [0.15, 0.2) is 18.3 Å². The van der Waals surface area contributed by atoms with Crippen LogP contribution in [0.4, 0.5) is 5.82 Å². The van der Waals surface area contributed by atoms with E-state index in [0.717, 1.165) is 10.6 Å². The molecular weight excluding hydrogens is 522 g/mol. The minimum absolute atomic E-state index is 0.00274. The van der Waals surface area contributed by atoms with Crippen molar-refractivity contribution in [2.75, 3.05) is 39.1 Å². The number of fused-ring (bicyclic) bond motifs is 1. The Bertz CT molecular complexity index is 1170. The minimum Gasteiger partial charge on any atom is -0.394 e. The molecular formula is C23H30ClN7O5S. The molecule has 37 heavy (non-hydrogen) atoms. The second-order valence-electron chi connectivity index (χ2n) is 9.32. The van der Waals surface area contributed by atoms with Crippen molar-refractivity contribution in [2.24, 2.45) is 0 Å². The number of hydrogen-bond donors (Lipinski definition) is 4. The number of rotatable bonds is 8. The maximum atomic E-state index is 13.0. The molecule has 0 fully saturated rings. The number of nitrogens with one attached hydrogen (secondary N) is 3. The molecule has 1 aliphatic heterocycles. The predicted octanol–water partition coefficient (Wildman–Crippen LogP) is 0.262. The summed E-state index contributed by atoms with van der Waals surface area (Å²) in [5, 5.41) is 17.6. The van der Waals surface area contributed by atoms with E-state index in [0.29, 0.717) is 24.5 Å². The zero-order valence-electron chi connectivity index (χ0n) is 21.0. The number of amides is 4. The molecule has 12 nitrogen and oxygen atoms in total. The lowest BCUT2D eigenvalue weighted by Gasteiger charge is -2.39. The highest BCUT2D eigenvalue weighted by atomic mass is 35.5. The first-order chi connectivity index (χ1) is 17.4. The van der Waals surface area contributed by atoms with Crippen LogP contribution in [0.5, 0.6) is 0 Å². The standard InChI is InChI=1S/C23H30ClN7O5S/c1-23(2,12-32)31-8-7-14-16(11-31)37-21(28-14)20(35)27-15(22(36)30(3)4)10-26-18(33)19(34)29-17-6-5-13(24)9-25-17/h5-6,9,15,32H,7-8,10-12H2,1-4H3,(H,26,33)(H,27,35)(H,25,29,34). The van der Waals surface area contributed by atoms with Gasteiger partial charge in [-0.15, -0.1) is 11.3 Å². The topological polar surface area (TPSA) is 157 Å². The molecule has 2 aromatic heterocycles. The van der Waals surface area contributed by atoms with Crippen LogP contribution < -0.4 is 16.0 Å². The summed E-state index contributed by atoms with van der Waals surface area (Å²) < 4.78 is 0. The SMILES string of the molecule is CN(C)C(=O)C(CNC(=O)C(=O)Nc1ccc(Cl)cn1)NC(=O)c1nc2c(s1)CN(C(C)(C)CO)CC2. The zero-order chi connectivity index (χ0) is 27.3. The Kier molecular flexibility index (Phi) is 9.18. The van der Waals surface area contributed by atoms with Crippen LogP contribution in [0.25, 0.3) is 0 Å². The van der Waals surface area contributed by atoms with E-state index in [4.69, 9.17) is 11.6 Å². The van der Waals surface area contributed by atoms with E-state index in [9.17, 15) is 24.3 Å². The molecule has 0 aliphatic carbocycles. The number of aliphatic hydroxyl groups is 1. The summed E-state index contributed by atoms with van der Waals surface area (Å²) in [6, 6.07) is 1.81. The van der Waals surface area contributed by atoms with Crippen LogP contribution in [-0.4, -0.2) is 93.9 Å². The monoisotopic (exact) mass is 551 g/mol. The van der Waals surface area contributed by atoms with Crippen molar-refractivity contribution in [2.45, 2.75) is 38.4 Å². The second-order valence-corrected chi connectivity index (χ2v) is 10.8. The third kappa shape index (κ3) is 7.22.